The molecule has 0 amide bonds. The maximum atomic E-state index is 11.3. The number of sulfone groups is 1. The lowest BCUT2D eigenvalue weighted by molar-refractivity contribution is 0.593. The van der Waals surface area contributed by atoms with Crippen LogP contribution in [0.1, 0.15) is 32.6 Å². The van der Waals surface area contributed by atoms with Crippen molar-refractivity contribution in [2.24, 2.45) is 0 Å². The smallest absolute Gasteiger partial charge is 0.171 e. The first-order valence-electron chi connectivity index (χ1n) is 4.00. The SMILES string of the molecule is CCCCCCS(=O)(=O)C(I)I. The zero-order chi connectivity index (χ0) is 9.61. The molecular weight excluding hydrogens is 402 g/mol. The van der Waals surface area contributed by atoms with Crippen LogP contribution in [0.15, 0.2) is 0 Å². The molecule has 0 aliphatic rings. The van der Waals surface area contributed by atoms with Gasteiger partial charge in [-0.05, 0) is 6.42 Å². The van der Waals surface area contributed by atoms with Crippen molar-refractivity contribution in [2.45, 2.75) is 33.9 Å². The van der Waals surface area contributed by atoms with Crippen molar-refractivity contribution < 1.29 is 8.42 Å². The summed E-state index contributed by atoms with van der Waals surface area (Å²) in [5, 5.41) is 0. The molecule has 0 spiro atoms. The lowest BCUT2D eigenvalue weighted by Gasteiger charge is -2.03. The van der Waals surface area contributed by atoms with Crippen LogP contribution < -0.4 is 0 Å². The van der Waals surface area contributed by atoms with E-state index in [1.54, 1.807) is 0 Å². The second-order valence-corrected chi connectivity index (χ2v) is 11.5. The van der Waals surface area contributed by atoms with Crippen LogP contribution in [-0.2, 0) is 9.84 Å². The minimum Gasteiger partial charge on any atom is -0.227 e. The third-order valence-electron chi connectivity index (χ3n) is 1.55. The Kier molecular flexibility index (Phi) is 7.60. The molecule has 5 heteroatoms. The first kappa shape index (κ1) is 13.4. The van der Waals surface area contributed by atoms with E-state index in [1.165, 1.54) is 0 Å². The van der Waals surface area contributed by atoms with Crippen molar-refractivity contribution in [1.82, 2.24) is 0 Å². The van der Waals surface area contributed by atoms with Gasteiger partial charge in [-0.15, -0.1) is 0 Å². The molecule has 0 aliphatic carbocycles. The average Bonchev–Trinajstić information content (AvgIpc) is 1.98. The van der Waals surface area contributed by atoms with E-state index >= 15 is 0 Å². The molecule has 0 saturated carbocycles. The summed E-state index contributed by atoms with van der Waals surface area (Å²) in [5.41, 5.74) is 0. The van der Waals surface area contributed by atoms with Gasteiger partial charge >= 0.3 is 0 Å². The van der Waals surface area contributed by atoms with Gasteiger partial charge in [0.15, 0.2) is 11.1 Å². The van der Waals surface area contributed by atoms with Gasteiger partial charge in [-0.2, -0.15) is 0 Å². The molecule has 0 aromatic heterocycles. The fourth-order valence-corrected chi connectivity index (χ4v) is 3.13. The molecule has 0 aromatic rings. The van der Waals surface area contributed by atoms with E-state index in [9.17, 15) is 8.42 Å². The van der Waals surface area contributed by atoms with Crippen molar-refractivity contribution in [3.05, 3.63) is 0 Å². The summed E-state index contributed by atoms with van der Waals surface area (Å²) >= 11 is 3.89. The van der Waals surface area contributed by atoms with Gasteiger partial charge < -0.3 is 0 Å². The highest BCUT2D eigenvalue weighted by atomic mass is 127. The van der Waals surface area contributed by atoms with Gasteiger partial charge in [0.05, 0.1) is 5.75 Å². The van der Waals surface area contributed by atoms with E-state index in [1.807, 2.05) is 45.2 Å². The van der Waals surface area contributed by atoms with Gasteiger partial charge in [0.25, 0.3) is 0 Å². The standard InChI is InChI=1S/C7H14I2O2S/c1-2-3-4-5-6-12(10,11)7(8)9/h7H,2-6H2,1H3. The molecule has 0 aromatic carbocycles. The number of rotatable bonds is 6. The third kappa shape index (κ3) is 5.95. The van der Waals surface area contributed by atoms with Crippen LogP contribution in [0.5, 0.6) is 0 Å². The maximum Gasteiger partial charge on any atom is 0.171 e. The van der Waals surface area contributed by atoms with Crippen LogP contribution in [0.3, 0.4) is 0 Å². The first-order chi connectivity index (χ1) is 5.50. The molecule has 12 heavy (non-hydrogen) atoms. The molecule has 2 nitrogen and oxygen atoms in total. The fraction of sp³-hybridized carbons (Fsp3) is 1.00. The van der Waals surface area contributed by atoms with Crippen molar-refractivity contribution in [3.63, 3.8) is 0 Å². The van der Waals surface area contributed by atoms with Crippen LogP contribution in [0.4, 0.5) is 0 Å². The number of hydrogen-bond donors (Lipinski definition) is 0. The van der Waals surface area contributed by atoms with E-state index in [4.69, 9.17) is 0 Å². The Morgan fingerprint density at radius 3 is 2.17 bits per heavy atom. The van der Waals surface area contributed by atoms with Crippen LogP contribution in [-0.4, -0.2) is 15.4 Å². The normalized spacial score (nSPS) is 12.3. The third-order valence-corrected chi connectivity index (χ3v) is 7.60. The molecule has 0 atom stereocenters. The van der Waals surface area contributed by atoms with Gasteiger partial charge in [0.1, 0.15) is 0 Å². The monoisotopic (exact) mass is 416 g/mol. The zero-order valence-electron chi connectivity index (χ0n) is 7.09. The van der Waals surface area contributed by atoms with Gasteiger partial charge in [0.2, 0.25) is 0 Å². The summed E-state index contributed by atoms with van der Waals surface area (Å²) in [6.07, 6.45) is 4.15. The minimum atomic E-state index is -2.81. The minimum absolute atomic E-state index is 0.269. The van der Waals surface area contributed by atoms with Crippen molar-refractivity contribution in [2.75, 3.05) is 5.75 Å². The molecular formula is C7H14I2O2S. The Balaban J connectivity index is 3.63. The summed E-state index contributed by atoms with van der Waals surface area (Å²) in [7, 11) is -2.81. The lowest BCUT2D eigenvalue weighted by atomic mass is 10.2. The second-order valence-electron chi connectivity index (χ2n) is 2.69. The van der Waals surface area contributed by atoms with Gasteiger partial charge in [-0.3, -0.25) is 0 Å². The molecule has 0 aliphatic heterocycles. The fourth-order valence-electron chi connectivity index (χ4n) is 0.819. The molecule has 0 unspecified atom stereocenters. The average molecular weight is 416 g/mol. The van der Waals surface area contributed by atoms with Crippen LogP contribution in [0, 0.1) is 0 Å². The van der Waals surface area contributed by atoms with Crippen molar-refractivity contribution in [1.29, 1.82) is 0 Å². The molecule has 0 fully saturated rings. The molecule has 0 bridgehead atoms. The molecule has 0 rings (SSSR count). The topological polar surface area (TPSA) is 34.1 Å². The first-order valence-corrected chi connectivity index (χ1v) is 8.21. The van der Waals surface area contributed by atoms with Crippen molar-refractivity contribution in [3.8, 4) is 0 Å². The quantitative estimate of drug-likeness (QED) is 0.379. The summed E-state index contributed by atoms with van der Waals surface area (Å²) in [4.78, 5) is 0. The predicted octanol–water partition coefficient (Wildman–Crippen LogP) is 3.14. The van der Waals surface area contributed by atoms with Crippen LogP contribution in [0.25, 0.3) is 0 Å². The molecule has 0 heterocycles. The van der Waals surface area contributed by atoms with Gasteiger partial charge in [-0.1, -0.05) is 71.4 Å². The van der Waals surface area contributed by atoms with E-state index in [0.717, 1.165) is 25.7 Å². The van der Waals surface area contributed by atoms with E-state index in [0.29, 0.717) is 5.75 Å². The number of hydrogen-bond acceptors (Lipinski definition) is 2. The summed E-state index contributed by atoms with van der Waals surface area (Å²) in [6, 6.07) is 0. The van der Waals surface area contributed by atoms with E-state index in [-0.39, 0.29) is 1.26 Å². The lowest BCUT2D eigenvalue weighted by Crippen LogP contribution is -2.12. The van der Waals surface area contributed by atoms with E-state index < -0.39 is 9.84 Å². The van der Waals surface area contributed by atoms with Gasteiger partial charge in [0, 0.05) is 0 Å². The molecule has 74 valence electrons. The zero-order valence-corrected chi connectivity index (χ0v) is 12.2. The Bertz CT molecular complexity index is 199. The Morgan fingerprint density at radius 1 is 1.17 bits per heavy atom. The van der Waals surface area contributed by atoms with Crippen LogP contribution >= 0.6 is 45.2 Å². The van der Waals surface area contributed by atoms with E-state index in [2.05, 4.69) is 6.92 Å². The predicted molar refractivity (Wildman–Crippen MR) is 69.8 cm³/mol. The number of halogens is 2. The number of alkyl halides is 2. The highest BCUT2D eigenvalue weighted by Gasteiger charge is 2.17. The summed E-state index contributed by atoms with van der Waals surface area (Å²) in [5.74, 6) is 0.351. The number of unbranched alkanes of at least 4 members (excludes halogenated alkanes) is 3. The highest BCUT2D eigenvalue weighted by Crippen LogP contribution is 2.19. The van der Waals surface area contributed by atoms with Gasteiger partial charge in [-0.25, -0.2) is 8.42 Å². The molecule has 0 N–H and O–H groups in total. The summed E-state index contributed by atoms with van der Waals surface area (Å²) in [6.45, 7) is 2.12. The largest absolute Gasteiger partial charge is 0.227 e. The Labute approximate surface area is 102 Å². The summed E-state index contributed by atoms with van der Waals surface area (Å²) < 4.78 is 22.3. The Morgan fingerprint density at radius 2 is 1.75 bits per heavy atom. The molecule has 0 saturated heterocycles. The van der Waals surface area contributed by atoms with Crippen molar-refractivity contribution >= 4 is 55.0 Å². The van der Waals surface area contributed by atoms with Crippen LogP contribution in [0.2, 0.25) is 0 Å². The maximum absolute atomic E-state index is 11.3. The second kappa shape index (κ2) is 6.80. The highest BCUT2D eigenvalue weighted by molar-refractivity contribution is 14.2. The molecule has 0 radical (unpaired) electrons. The Hall–Kier alpha value is 1.41.